The highest BCUT2D eigenvalue weighted by Gasteiger charge is 2.19. The van der Waals surface area contributed by atoms with E-state index >= 15 is 0 Å². The molecule has 1 N–H and O–H groups in total. The third kappa shape index (κ3) is 4.20. The zero-order chi connectivity index (χ0) is 16.8. The van der Waals surface area contributed by atoms with Gasteiger partial charge in [-0.05, 0) is 63.0 Å². The summed E-state index contributed by atoms with van der Waals surface area (Å²) >= 11 is 0. The van der Waals surface area contributed by atoms with Crippen molar-refractivity contribution in [3.63, 3.8) is 0 Å². The second-order valence-electron chi connectivity index (χ2n) is 6.50. The Morgan fingerprint density at radius 2 is 2.04 bits per heavy atom. The van der Waals surface area contributed by atoms with Crippen LogP contribution in [0.1, 0.15) is 41.7 Å². The molecular weight excluding hydrogens is 298 g/mol. The zero-order valence-corrected chi connectivity index (χ0v) is 14.2. The summed E-state index contributed by atoms with van der Waals surface area (Å²) in [6, 6.07) is 14.1. The fourth-order valence-electron chi connectivity index (χ4n) is 3.37. The number of nitrogens with one attached hydrogen (secondary N) is 1. The number of para-hydroxylation sites is 1. The lowest BCUT2D eigenvalue weighted by Crippen LogP contribution is -2.36. The maximum atomic E-state index is 12.3. The van der Waals surface area contributed by atoms with Crippen LogP contribution in [0.2, 0.25) is 0 Å². The summed E-state index contributed by atoms with van der Waals surface area (Å²) < 4.78 is 0. The quantitative estimate of drug-likeness (QED) is 0.911. The first kappa shape index (κ1) is 16.7. The maximum Gasteiger partial charge on any atom is 0.274 e. The summed E-state index contributed by atoms with van der Waals surface area (Å²) in [4.78, 5) is 18.9. The first-order valence-electron chi connectivity index (χ1n) is 8.74. The number of hydrogen-bond donors (Lipinski definition) is 1. The van der Waals surface area contributed by atoms with Crippen molar-refractivity contribution in [1.29, 1.82) is 0 Å². The molecule has 4 nitrogen and oxygen atoms in total. The Bertz CT molecular complexity index is 672. The van der Waals surface area contributed by atoms with E-state index in [1.54, 1.807) is 12.3 Å². The summed E-state index contributed by atoms with van der Waals surface area (Å²) in [6.07, 6.45) is 7.66. The van der Waals surface area contributed by atoms with Gasteiger partial charge in [-0.15, -0.1) is 0 Å². The Balaban J connectivity index is 1.65. The third-order valence-corrected chi connectivity index (χ3v) is 4.83. The second-order valence-corrected chi connectivity index (χ2v) is 6.50. The molecule has 1 saturated heterocycles. The average molecular weight is 323 g/mol. The lowest BCUT2D eigenvalue weighted by molar-refractivity contribution is 0.102. The number of carbonyl (C=O) groups excluding carboxylic acids is 1. The SMILES string of the molecule is CN1CCCCC1CCc1ccccc1NC(=O)c1ccccn1. The number of benzene rings is 1. The van der Waals surface area contributed by atoms with E-state index in [1.807, 2.05) is 30.3 Å². The van der Waals surface area contributed by atoms with Gasteiger partial charge in [0, 0.05) is 17.9 Å². The lowest BCUT2D eigenvalue weighted by atomic mass is 9.96. The number of carbonyl (C=O) groups is 1. The lowest BCUT2D eigenvalue weighted by Gasteiger charge is -2.32. The van der Waals surface area contributed by atoms with E-state index in [4.69, 9.17) is 0 Å². The van der Waals surface area contributed by atoms with E-state index in [1.165, 1.54) is 31.4 Å². The predicted molar refractivity (Wildman–Crippen MR) is 97.2 cm³/mol. The van der Waals surface area contributed by atoms with Crippen molar-refractivity contribution in [2.45, 2.75) is 38.1 Å². The molecule has 3 rings (SSSR count). The van der Waals surface area contributed by atoms with Gasteiger partial charge in [0.2, 0.25) is 0 Å². The Kier molecular flexibility index (Phi) is 5.59. The smallest absolute Gasteiger partial charge is 0.274 e. The van der Waals surface area contributed by atoms with Crippen molar-refractivity contribution in [3.8, 4) is 0 Å². The van der Waals surface area contributed by atoms with Crippen molar-refractivity contribution in [3.05, 3.63) is 59.9 Å². The van der Waals surface area contributed by atoms with Gasteiger partial charge in [0.25, 0.3) is 5.91 Å². The molecule has 1 aliphatic heterocycles. The molecule has 0 aliphatic carbocycles. The number of aryl methyl sites for hydroxylation is 1. The Morgan fingerprint density at radius 3 is 2.83 bits per heavy atom. The van der Waals surface area contributed by atoms with Gasteiger partial charge in [0.15, 0.2) is 0 Å². The molecule has 2 aromatic rings. The topological polar surface area (TPSA) is 45.2 Å². The van der Waals surface area contributed by atoms with Gasteiger partial charge in [0.05, 0.1) is 0 Å². The van der Waals surface area contributed by atoms with Crippen LogP contribution in [-0.2, 0) is 6.42 Å². The van der Waals surface area contributed by atoms with E-state index in [2.05, 4.69) is 28.3 Å². The second kappa shape index (κ2) is 8.06. The first-order chi connectivity index (χ1) is 11.7. The molecule has 1 aliphatic rings. The Morgan fingerprint density at radius 1 is 1.21 bits per heavy atom. The molecule has 1 amide bonds. The zero-order valence-electron chi connectivity index (χ0n) is 14.2. The molecule has 1 aromatic carbocycles. The van der Waals surface area contributed by atoms with Crippen LogP contribution >= 0.6 is 0 Å². The summed E-state index contributed by atoms with van der Waals surface area (Å²) in [7, 11) is 2.22. The van der Waals surface area contributed by atoms with Crippen LogP contribution in [0.15, 0.2) is 48.7 Å². The highest BCUT2D eigenvalue weighted by Crippen LogP contribution is 2.23. The van der Waals surface area contributed by atoms with Crippen LogP contribution in [-0.4, -0.2) is 35.4 Å². The van der Waals surface area contributed by atoms with Crippen molar-refractivity contribution in [2.75, 3.05) is 18.9 Å². The van der Waals surface area contributed by atoms with Gasteiger partial charge in [-0.1, -0.05) is 30.7 Å². The Labute approximate surface area is 143 Å². The van der Waals surface area contributed by atoms with E-state index in [-0.39, 0.29) is 5.91 Å². The number of anilines is 1. The molecule has 0 bridgehead atoms. The van der Waals surface area contributed by atoms with Crippen LogP contribution < -0.4 is 5.32 Å². The van der Waals surface area contributed by atoms with Crippen LogP contribution in [0.5, 0.6) is 0 Å². The molecule has 1 fully saturated rings. The number of amides is 1. The molecule has 0 radical (unpaired) electrons. The monoisotopic (exact) mass is 323 g/mol. The molecule has 0 spiro atoms. The van der Waals surface area contributed by atoms with Crippen molar-refractivity contribution in [2.24, 2.45) is 0 Å². The van der Waals surface area contributed by atoms with Gasteiger partial charge < -0.3 is 10.2 Å². The van der Waals surface area contributed by atoms with Gasteiger partial charge in [-0.2, -0.15) is 0 Å². The van der Waals surface area contributed by atoms with E-state index < -0.39 is 0 Å². The number of rotatable bonds is 5. The summed E-state index contributed by atoms with van der Waals surface area (Å²) in [6.45, 7) is 1.20. The van der Waals surface area contributed by atoms with Gasteiger partial charge >= 0.3 is 0 Å². The van der Waals surface area contributed by atoms with Crippen molar-refractivity contribution < 1.29 is 4.79 Å². The molecule has 2 heterocycles. The van der Waals surface area contributed by atoms with Crippen LogP contribution in [0.25, 0.3) is 0 Å². The highest BCUT2D eigenvalue weighted by atomic mass is 16.1. The predicted octanol–water partition coefficient (Wildman–Crippen LogP) is 3.75. The van der Waals surface area contributed by atoms with Crippen molar-refractivity contribution >= 4 is 11.6 Å². The number of piperidine rings is 1. The van der Waals surface area contributed by atoms with E-state index in [0.29, 0.717) is 11.7 Å². The summed E-state index contributed by atoms with van der Waals surface area (Å²) in [5.74, 6) is -0.155. The number of pyridine rings is 1. The number of likely N-dealkylation sites (tertiary alicyclic amines) is 1. The van der Waals surface area contributed by atoms with Gasteiger partial charge in [-0.25, -0.2) is 0 Å². The van der Waals surface area contributed by atoms with Gasteiger partial charge in [-0.3, -0.25) is 9.78 Å². The van der Waals surface area contributed by atoms with E-state index in [0.717, 1.165) is 18.5 Å². The van der Waals surface area contributed by atoms with Crippen LogP contribution in [0, 0.1) is 0 Å². The molecule has 1 aromatic heterocycles. The van der Waals surface area contributed by atoms with Crippen LogP contribution in [0.4, 0.5) is 5.69 Å². The minimum Gasteiger partial charge on any atom is -0.320 e. The molecule has 1 unspecified atom stereocenters. The number of aromatic nitrogens is 1. The minimum absolute atomic E-state index is 0.155. The normalized spacial score (nSPS) is 18.3. The molecule has 1 atom stereocenters. The minimum atomic E-state index is -0.155. The molecule has 126 valence electrons. The van der Waals surface area contributed by atoms with E-state index in [9.17, 15) is 4.79 Å². The maximum absolute atomic E-state index is 12.3. The number of hydrogen-bond acceptors (Lipinski definition) is 3. The highest BCUT2D eigenvalue weighted by molar-refractivity contribution is 6.03. The first-order valence-corrected chi connectivity index (χ1v) is 8.74. The van der Waals surface area contributed by atoms with Crippen molar-refractivity contribution in [1.82, 2.24) is 9.88 Å². The number of nitrogens with zero attached hydrogens (tertiary/aromatic N) is 2. The fraction of sp³-hybridized carbons (Fsp3) is 0.400. The third-order valence-electron chi connectivity index (χ3n) is 4.83. The largest absolute Gasteiger partial charge is 0.320 e. The summed E-state index contributed by atoms with van der Waals surface area (Å²) in [5.41, 5.74) is 2.53. The van der Waals surface area contributed by atoms with Crippen LogP contribution in [0.3, 0.4) is 0 Å². The molecule has 4 heteroatoms. The average Bonchev–Trinajstić information content (AvgIpc) is 2.63. The molecule has 24 heavy (non-hydrogen) atoms. The summed E-state index contributed by atoms with van der Waals surface area (Å²) in [5, 5.41) is 3.01. The standard InChI is InChI=1S/C20H25N3O/c1-23-15-7-5-9-17(23)13-12-16-8-2-3-10-18(16)22-20(24)19-11-4-6-14-21-19/h2-4,6,8,10-11,14,17H,5,7,9,12-13,15H2,1H3,(H,22,24). The molecule has 0 saturated carbocycles. The van der Waals surface area contributed by atoms with Gasteiger partial charge in [0.1, 0.15) is 5.69 Å². The Hall–Kier alpha value is -2.20. The molecular formula is C20H25N3O. The fourth-order valence-corrected chi connectivity index (χ4v) is 3.37.